The van der Waals surface area contributed by atoms with Gasteiger partial charge < -0.3 is 9.80 Å². The number of carbonyl (C=O) groups excluding carboxylic acids is 1. The number of rotatable bonds is 4. The lowest BCUT2D eigenvalue weighted by Crippen LogP contribution is -2.40. The van der Waals surface area contributed by atoms with Crippen LogP contribution in [0.2, 0.25) is 0 Å². The number of fused-ring (bicyclic) bond motifs is 1. The molecule has 0 aliphatic carbocycles. The molecule has 8 heteroatoms. The summed E-state index contributed by atoms with van der Waals surface area (Å²) in [6, 6.07) is 10.4. The van der Waals surface area contributed by atoms with Gasteiger partial charge in [-0.15, -0.1) is 5.10 Å². The molecule has 3 aromatic rings. The van der Waals surface area contributed by atoms with Crippen LogP contribution >= 0.6 is 11.5 Å². The molecule has 2 aromatic heterocycles. The third-order valence-electron chi connectivity index (χ3n) is 6.49. The van der Waals surface area contributed by atoms with Gasteiger partial charge in [0, 0.05) is 30.9 Å². The zero-order chi connectivity index (χ0) is 22.1. The minimum absolute atomic E-state index is 0.00214. The van der Waals surface area contributed by atoms with Gasteiger partial charge in [0.1, 0.15) is 10.7 Å². The minimum atomic E-state index is -0.109. The second-order valence-corrected chi connectivity index (χ2v) is 9.43. The molecule has 1 unspecified atom stereocenters. The van der Waals surface area contributed by atoms with Crippen LogP contribution in [0.15, 0.2) is 30.3 Å². The highest BCUT2D eigenvalue weighted by molar-refractivity contribution is 7.07. The number of aromatic nitrogens is 4. The Kier molecular flexibility index (Phi) is 5.87. The lowest BCUT2D eigenvalue weighted by atomic mass is 9.99. The number of hydrogen-bond donors (Lipinski definition) is 0. The van der Waals surface area contributed by atoms with Crippen LogP contribution in [-0.2, 0) is 13.0 Å². The molecule has 32 heavy (non-hydrogen) atoms. The Labute approximate surface area is 192 Å². The first-order chi connectivity index (χ1) is 15.6. The van der Waals surface area contributed by atoms with Crippen LogP contribution in [0.25, 0.3) is 0 Å². The summed E-state index contributed by atoms with van der Waals surface area (Å²) < 4.78 is 3.96. The van der Waals surface area contributed by atoms with Gasteiger partial charge in [-0.3, -0.25) is 4.79 Å². The van der Waals surface area contributed by atoms with Gasteiger partial charge in [0.05, 0.1) is 11.7 Å². The fourth-order valence-corrected chi connectivity index (χ4v) is 5.43. The number of benzene rings is 1. The first-order valence-corrected chi connectivity index (χ1v) is 12.2. The van der Waals surface area contributed by atoms with Crippen molar-refractivity contribution in [2.75, 3.05) is 18.0 Å². The first kappa shape index (κ1) is 21.0. The van der Waals surface area contributed by atoms with Crippen LogP contribution in [-0.4, -0.2) is 43.5 Å². The predicted octanol–water partition coefficient (Wildman–Crippen LogP) is 4.27. The van der Waals surface area contributed by atoms with Crippen molar-refractivity contribution in [3.8, 4) is 0 Å². The van der Waals surface area contributed by atoms with Gasteiger partial charge in [-0.05, 0) is 63.0 Å². The van der Waals surface area contributed by atoms with E-state index in [0.717, 1.165) is 62.5 Å². The van der Waals surface area contributed by atoms with Crippen LogP contribution in [0.3, 0.4) is 0 Å². The van der Waals surface area contributed by atoms with E-state index < -0.39 is 0 Å². The Balaban J connectivity index is 1.49. The molecular weight excluding hydrogens is 420 g/mol. The van der Waals surface area contributed by atoms with Crippen LogP contribution in [0, 0.1) is 13.8 Å². The second-order valence-electron chi connectivity index (χ2n) is 8.68. The lowest BCUT2D eigenvalue weighted by molar-refractivity contribution is 0.0603. The fourth-order valence-electron chi connectivity index (χ4n) is 4.82. The molecule has 5 rings (SSSR count). The molecule has 0 N–H and O–H groups in total. The van der Waals surface area contributed by atoms with Crippen molar-refractivity contribution >= 4 is 23.3 Å². The smallest absolute Gasteiger partial charge is 0.268 e. The number of likely N-dealkylation sites (tertiary alicyclic amines) is 1. The Bertz CT molecular complexity index is 1110. The normalized spacial score (nSPS) is 18.5. The second kappa shape index (κ2) is 8.94. The Hall–Kier alpha value is -2.87. The summed E-state index contributed by atoms with van der Waals surface area (Å²) in [4.78, 5) is 28.3. The van der Waals surface area contributed by atoms with E-state index in [-0.39, 0.29) is 11.9 Å². The van der Waals surface area contributed by atoms with Crippen LogP contribution in [0.1, 0.15) is 69.7 Å². The van der Waals surface area contributed by atoms with Crippen molar-refractivity contribution in [3.63, 3.8) is 0 Å². The van der Waals surface area contributed by atoms with E-state index in [9.17, 15) is 4.79 Å². The maximum atomic E-state index is 13.3. The number of amides is 1. The highest BCUT2D eigenvalue weighted by atomic mass is 32.1. The maximum Gasteiger partial charge on any atom is 0.268 e. The molecule has 166 valence electrons. The molecular formula is C24H28N6OS. The van der Waals surface area contributed by atoms with Crippen LogP contribution < -0.4 is 4.90 Å². The molecule has 4 heterocycles. The lowest BCUT2D eigenvalue weighted by Gasteiger charge is -2.36. The van der Waals surface area contributed by atoms with Gasteiger partial charge >= 0.3 is 0 Å². The van der Waals surface area contributed by atoms with Crippen molar-refractivity contribution in [1.29, 1.82) is 0 Å². The molecule has 7 nitrogen and oxygen atoms in total. The summed E-state index contributed by atoms with van der Waals surface area (Å²) >= 11 is 1.17. The highest BCUT2D eigenvalue weighted by Crippen LogP contribution is 2.35. The van der Waals surface area contributed by atoms with Crippen molar-refractivity contribution in [1.82, 2.24) is 24.5 Å². The monoisotopic (exact) mass is 448 g/mol. The average molecular weight is 449 g/mol. The molecule has 0 radical (unpaired) electrons. The van der Waals surface area contributed by atoms with Gasteiger partial charge in [-0.1, -0.05) is 34.8 Å². The number of piperidine rings is 1. The highest BCUT2D eigenvalue weighted by Gasteiger charge is 2.34. The van der Waals surface area contributed by atoms with Crippen molar-refractivity contribution in [3.05, 3.63) is 63.5 Å². The van der Waals surface area contributed by atoms with Gasteiger partial charge in [-0.2, -0.15) is 0 Å². The first-order valence-electron chi connectivity index (χ1n) is 11.4. The molecule has 1 aromatic carbocycles. The Morgan fingerprint density at radius 1 is 1.06 bits per heavy atom. The summed E-state index contributed by atoms with van der Waals surface area (Å²) in [6.07, 6.45) is 5.06. The Morgan fingerprint density at radius 2 is 1.91 bits per heavy atom. The largest absolute Gasteiger partial charge is 0.352 e. The standard InChI is InChI=1S/C24H28N6OS/c1-16-19-11-8-13-29(15-18-9-4-3-5-10-18)23(19)26-22(25-16)20-12-6-7-14-30(20)24(31)21-17(2)27-28-32-21/h3-5,9-10,20H,6-8,11-15H2,1-2H3. The van der Waals surface area contributed by atoms with Gasteiger partial charge in [0.15, 0.2) is 5.82 Å². The maximum absolute atomic E-state index is 13.3. The number of aryl methyl sites for hydroxylation is 2. The summed E-state index contributed by atoms with van der Waals surface area (Å²) in [5.41, 5.74) is 4.25. The topological polar surface area (TPSA) is 75.1 Å². The van der Waals surface area contributed by atoms with Gasteiger partial charge in [-0.25, -0.2) is 9.97 Å². The van der Waals surface area contributed by atoms with Gasteiger partial charge in [0.2, 0.25) is 0 Å². The minimum Gasteiger partial charge on any atom is -0.352 e. The third-order valence-corrected chi connectivity index (χ3v) is 7.30. The van der Waals surface area contributed by atoms with E-state index >= 15 is 0 Å². The molecule has 1 atom stereocenters. The van der Waals surface area contributed by atoms with Crippen LogP contribution in [0.5, 0.6) is 0 Å². The van der Waals surface area contributed by atoms with E-state index in [2.05, 4.69) is 45.7 Å². The van der Waals surface area contributed by atoms with Crippen molar-refractivity contribution in [2.45, 2.75) is 58.5 Å². The molecule has 0 bridgehead atoms. The fraction of sp³-hybridized carbons (Fsp3) is 0.458. The zero-order valence-corrected chi connectivity index (χ0v) is 19.4. The molecule has 1 fully saturated rings. The third kappa shape index (κ3) is 3.99. The van der Waals surface area contributed by atoms with E-state index in [1.54, 1.807) is 0 Å². The van der Waals surface area contributed by atoms with Crippen molar-refractivity contribution < 1.29 is 4.79 Å². The van der Waals surface area contributed by atoms with E-state index in [4.69, 9.17) is 9.97 Å². The Morgan fingerprint density at radius 3 is 2.69 bits per heavy atom. The number of nitrogens with zero attached hydrogens (tertiary/aromatic N) is 6. The molecule has 2 aliphatic rings. The van der Waals surface area contributed by atoms with Gasteiger partial charge in [0.25, 0.3) is 5.91 Å². The summed E-state index contributed by atoms with van der Waals surface area (Å²) in [5, 5.41) is 4.03. The SMILES string of the molecule is Cc1nnsc1C(=O)N1CCCCC1c1nc(C)c2c(n1)N(Cc1ccccc1)CCC2. The summed E-state index contributed by atoms with van der Waals surface area (Å²) in [6.45, 7) is 6.46. The summed E-state index contributed by atoms with van der Waals surface area (Å²) in [7, 11) is 0. The molecule has 0 saturated carbocycles. The number of hydrogen-bond acceptors (Lipinski definition) is 7. The molecule has 0 spiro atoms. The molecule has 1 saturated heterocycles. The molecule has 2 aliphatic heterocycles. The van der Waals surface area contributed by atoms with Crippen LogP contribution in [0.4, 0.5) is 5.82 Å². The average Bonchev–Trinajstić information content (AvgIpc) is 3.25. The van der Waals surface area contributed by atoms with E-state index in [1.807, 2.05) is 17.9 Å². The van der Waals surface area contributed by atoms with E-state index in [1.165, 1.54) is 22.7 Å². The quantitative estimate of drug-likeness (QED) is 0.594. The predicted molar refractivity (Wildman–Crippen MR) is 125 cm³/mol. The molecule has 1 amide bonds. The zero-order valence-electron chi connectivity index (χ0n) is 18.6. The van der Waals surface area contributed by atoms with Crippen molar-refractivity contribution in [2.24, 2.45) is 0 Å². The number of carbonyl (C=O) groups is 1. The summed E-state index contributed by atoms with van der Waals surface area (Å²) in [5.74, 6) is 1.81. The van der Waals surface area contributed by atoms with E-state index in [0.29, 0.717) is 17.1 Å². The number of anilines is 1.